The highest BCUT2D eigenvalue weighted by Crippen LogP contribution is 2.18. The molecule has 0 aromatic carbocycles. The maximum absolute atomic E-state index is 13.0. The van der Waals surface area contributed by atoms with Gasteiger partial charge in [-0.15, -0.1) is 0 Å². The van der Waals surface area contributed by atoms with Crippen LogP contribution >= 0.6 is 0 Å². The lowest BCUT2D eigenvalue weighted by Gasteiger charge is -2.25. The lowest BCUT2D eigenvalue weighted by molar-refractivity contribution is -0.870. The van der Waals surface area contributed by atoms with Crippen LogP contribution in [0.3, 0.4) is 0 Å². The van der Waals surface area contributed by atoms with E-state index in [2.05, 4.69) is 135 Å². The summed E-state index contributed by atoms with van der Waals surface area (Å²) in [7, 11) is 5.98. The summed E-state index contributed by atoms with van der Waals surface area (Å²) < 4.78 is 23.0. The van der Waals surface area contributed by atoms with Gasteiger partial charge in [-0.3, -0.25) is 9.59 Å². The molecule has 0 aliphatic carbocycles. The van der Waals surface area contributed by atoms with Crippen molar-refractivity contribution < 1.29 is 42.9 Å². The van der Waals surface area contributed by atoms with Crippen LogP contribution in [-0.2, 0) is 33.3 Å². The molecule has 0 fully saturated rings. The van der Waals surface area contributed by atoms with Crippen LogP contribution in [0.15, 0.2) is 122 Å². The van der Waals surface area contributed by atoms with E-state index in [4.69, 9.17) is 18.9 Å². The largest absolute Gasteiger partial charge is 0.477 e. The Hall–Kier alpha value is -4.31. The van der Waals surface area contributed by atoms with Crippen molar-refractivity contribution in [1.29, 1.82) is 0 Å². The number of allylic oxidation sites excluding steroid dienone is 20. The second kappa shape index (κ2) is 71.5. The smallest absolute Gasteiger partial charge is 0.361 e. The zero-order valence-corrected chi connectivity index (χ0v) is 59.7. The minimum absolute atomic E-state index is 0.184. The highest BCUT2D eigenvalue weighted by atomic mass is 16.7. The van der Waals surface area contributed by atoms with Gasteiger partial charge in [0, 0.05) is 12.8 Å². The van der Waals surface area contributed by atoms with E-state index < -0.39 is 24.3 Å². The molecule has 0 aliphatic heterocycles. The molecule has 0 saturated heterocycles. The van der Waals surface area contributed by atoms with Gasteiger partial charge >= 0.3 is 17.9 Å². The fraction of sp³-hybridized carbons (Fsp3) is 0.720. The first-order valence-corrected chi connectivity index (χ1v) is 37.7. The van der Waals surface area contributed by atoms with Crippen molar-refractivity contribution in [2.45, 2.75) is 334 Å². The Morgan fingerprint density at radius 2 is 0.593 bits per heavy atom. The van der Waals surface area contributed by atoms with Crippen molar-refractivity contribution in [3.63, 3.8) is 0 Å². The van der Waals surface area contributed by atoms with Crippen molar-refractivity contribution in [2.75, 3.05) is 47.5 Å². The second-order valence-electron chi connectivity index (χ2n) is 26.2. The highest BCUT2D eigenvalue weighted by Gasteiger charge is 2.25. The van der Waals surface area contributed by atoms with Gasteiger partial charge in [-0.05, 0) is 103 Å². The molecule has 91 heavy (non-hydrogen) atoms. The number of likely N-dealkylation sites (N-methyl/N-ethyl adjacent to an activating group) is 1. The molecule has 0 aromatic rings. The number of quaternary nitrogens is 1. The molecule has 2 unspecified atom stereocenters. The van der Waals surface area contributed by atoms with E-state index in [1.165, 1.54) is 193 Å². The van der Waals surface area contributed by atoms with Crippen LogP contribution < -0.4 is 0 Å². The van der Waals surface area contributed by atoms with Crippen LogP contribution in [0.5, 0.6) is 0 Å². The Bertz CT molecular complexity index is 1910. The second-order valence-corrected chi connectivity index (χ2v) is 26.2. The van der Waals surface area contributed by atoms with Crippen LogP contribution in [0.1, 0.15) is 322 Å². The van der Waals surface area contributed by atoms with Gasteiger partial charge in [0.15, 0.2) is 6.10 Å². The Balaban J connectivity index is 4.01. The van der Waals surface area contributed by atoms with Gasteiger partial charge in [-0.2, -0.15) is 0 Å². The van der Waals surface area contributed by atoms with Gasteiger partial charge < -0.3 is 28.5 Å². The molecule has 9 nitrogen and oxygen atoms in total. The molecule has 2 atom stereocenters. The Morgan fingerprint density at radius 1 is 0.330 bits per heavy atom. The summed E-state index contributed by atoms with van der Waals surface area (Å²) in [5.74, 6) is -2.00. The van der Waals surface area contributed by atoms with Crippen molar-refractivity contribution >= 4 is 17.9 Å². The van der Waals surface area contributed by atoms with Crippen LogP contribution in [0.2, 0.25) is 0 Å². The first kappa shape index (κ1) is 86.7. The number of aliphatic carboxylic acids is 1. The lowest BCUT2D eigenvalue weighted by Crippen LogP contribution is -2.40. The molecule has 522 valence electrons. The maximum Gasteiger partial charge on any atom is 0.361 e. The Kier molecular flexibility index (Phi) is 68.1. The molecule has 0 spiro atoms. The van der Waals surface area contributed by atoms with Crippen LogP contribution in [0, 0.1) is 0 Å². The van der Waals surface area contributed by atoms with E-state index >= 15 is 0 Å². The number of nitrogens with zero attached hydrogens (tertiary/aromatic N) is 1. The molecular weight excluding hydrogens is 1130 g/mol. The summed E-state index contributed by atoms with van der Waals surface area (Å²) in [4.78, 5) is 37.7. The minimum atomic E-state index is -1.52. The number of ether oxygens (including phenoxy) is 4. The van der Waals surface area contributed by atoms with Crippen molar-refractivity contribution in [2.24, 2.45) is 0 Å². The zero-order valence-electron chi connectivity index (χ0n) is 59.7. The maximum atomic E-state index is 13.0. The van der Waals surface area contributed by atoms with E-state index in [9.17, 15) is 19.5 Å². The molecule has 0 rings (SSSR count). The number of unbranched alkanes of at least 4 members (excludes halogenated alkanes) is 34. The average molecular weight is 1270 g/mol. The highest BCUT2D eigenvalue weighted by molar-refractivity contribution is 5.71. The summed E-state index contributed by atoms with van der Waals surface area (Å²) in [6, 6.07) is 0. The lowest BCUT2D eigenvalue weighted by atomic mass is 10.0. The SMILES string of the molecule is CC/C=C\C/C=C\C/C=C\C/C=C\C/C=C\C/C=C\CCCCCCCCCCCCCCCCCCCCCCCCC(=O)OC(COC(=O)CCCCCCCCCCCCCC/C=C\C/C=C\C/C=C\C/C=C\CC)COC(OCC[N+](C)(C)C)C(=O)O. The van der Waals surface area contributed by atoms with Gasteiger partial charge in [-0.25, -0.2) is 4.79 Å². The fourth-order valence-corrected chi connectivity index (χ4v) is 10.5. The number of esters is 2. The minimum Gasteiger partial charge on any atom is -0.477 e. The monoisotopic (exact) mass is 1270 g/mol. The van der Waals surface area contributed by atoms with Gasteiger partial charge in [0.1, 0.15) is 13.2 Å². The topological polar surface area (TPSA) is 108 Å². The predicted octanol–water partition coefficient (Wildman–Crippen LogP) is 23.9. The standard InChI is InChI=1S/C82H141NO8/c1-6-8-10-12-14-16-18-20-22-24-26-28-30-32-33-34-35-36-37-38-39-40-41-42-43-44-45-46-47-49-51-53-55-57-59-61-63-65-67-69-71-73-80(85)91-78(77-90-82(81(86)87)88-75-74-83(3,4)5)76-89-79(84)72-70-68-66-64-62-60-58-56-54-52-50-48-31-29-27-25-23-21-19-17-15-13-11-9-7-2/h8-11,14-17,20-23,26-29,32-33,35-36,78,82H,6-7,12-13,18-19,24-25,30-31,34,37-77H2,1-5H3/p+1/b10-8-,11-9-,16-14-,17-15-,22-20-,23-21-,28-26-,29-27-,33-32-,36-35-. The van der Waals surface area contributed by atoms with Crippen molar-refractivity contribution in [3.8, 4) is 0 Å². The molecule has 0 amide bonds. The van der Waals surface area contributed by atoms with Crippen LogP contribution in [0.25, 0.3) is 0 Å². The van der Waals surface area contributed by atoms with Crippen molar-refractivity contribution in [1.82, 2.24) is 0 Å². The fourth-order valence-electron chi connectivity index (χ4n) is 10.5. The number of carbonyl (C=O) groups excluding carboxylic acids is 2. The third-order valence-electron chi connectivity index (χ3n) is 16.2. The molecule has 0 aliphatic rings. The normalized spacial score (nSPS) is 13.4. The van der Waals surface area contributed by atoms with E-state index in [1.54, 1.807) is 0 Å². The van der Waals surface area contributed by atoms with Crippen molar-refractivity contribution in [3.05, 3.63) is 122 Å². The van der Waals surface area contributed by atoms with E-state index in [0.717, 1.165) is 103 Å². The Morgan fingerprint density at radius 3 is 0.879 bits per heavy atom. The first-order chi connectivity index (χ1) is 44.6. The van der Waals surface area contributed by atoms with E-state index in [0.29, 0.717) is 17.4 Å². The summed E-state index contributed by atoms with van der Waals surface area (Å²) >= 11 is 0. The van der Waals surface area contributed by atoms with Gasteiger partial charge in [0.25, 0.3) is 6.29 Å². The molecule has 0 bridgehead atoms. The van der Waals surface area contributed by atoms with Gasteiger partial charge in [-0.1, -0.05) is 328 Å². The molecule has 0 radical (unpaired) electrons. The number of hydrogen-bond acceptors (Lipinski definition) is 7. The first-order valence-electron chi connectivity index (χ1n) is 37.7. The number of carboxylic acid groups (broad SMARTS) is 1. The van der Waals surface area contributed by atoms with Crippen LogP contribution in [0.4, 0.5) is 0 Å². The van der Waals surface area contributed by atoms with Crippen LogP contribution in [-0.4, -0.2) is 87.4 Å². The van der Waals surface area contributed by atoms with Gasteiger partial charge in [0.2, 0.25) is 0 Å². The summed E-state index contributed by atoms with van der Waals surface area (Å²) in [5, 5.41) is 9.76. The molecule has 1 N–H and O–H groups in total. The third kappa shape index (κ3) is 73.0. The molecule has 0 saturated carbocycles. The predicted molar refractivity (Wildman–Crippen MR) is 391 cm³/mol. The number of rotatable bonds is 69. The van der Waals surface area contributed by atoms with E-state index in [1.807, 2.05) is 21.1 Å². The average Bonchev–Trinajstić information content (AvgIpc) is 3.53. The molecular formula is C82H142NO8+. The summed E-state index contributed by atoms with van der Waals surface area (Å²) in [6.07, 6.45) is 99.0. The molecule has 9 heteroatoms. The number of carboxylic acids is 1. The molecule has 0 aromatic heterocycles. The number of hydrogen-bond donors (Lipinski definition) is 1. The quantitative estimate of drug-likeness (QED) is 0.0211. The molecule has 0 heterocycles. The third-order valence-corrected chi connectivity index (χ3v) is 16.2. The summed E-state index contributed by atoms with van der Waals surface area (Å²) in [6.45, 7) is 4.68. The summed E-state index contributed by atoms with van der Waals surface area (Å²) in [5.41, 5.74) is 0. The zero-order chi connectivity index (χ0) is 66.1. The number of carbonyl (C=O) groups is 3. The van der Waals surface area contributed by atoms with Gasteiger partial charge in [0.05, 0.1) is 34.4 Å². The van der Waals surface area contributed by atoms with E-state index in [-0.39, 0.29) is 32.2 Å². The Labute approximate surface area is 561 Å².